The monoisotopic (exact) mass is 801 g/mol. The molecule has 0 aromatic heterocycles. The first-order chi connectivity index (χ1) is 31.3. The molecule has 11 aromatic rings. The molecular weight excluding hydrogens is 759 g/mol. The molecule has 1 nitrogen and oxygen atoms in total. The van der Waals surface area contributed by atoms with Gasteiger partial charge >= 0.3 is 0 Å². The molecule has 1 heteroatoms. The van der Waals surface area contributed by atoms with Crippen LogP contribution in [-0.2, 0) is 0 Å². The second-order valence-electron chi connectivity index (χ2n) is 16.0. The molecule has 0 saturated carbocycles. The molecule has 0 heterocycles. The van der Waals surface area contributed by atoms with Crippen molar-refractivity contribution in [3.63, 3.8) is 0 Å². The highest BCUT2D eigenvalue weighted by Crippen LogP contribution is 2.48. The van der Waals surface area contributed by atoms with E-state index in [1.165, 1.54) is 82.7 Å². The Labute approximate surface area is 369 Å². The minimum atomic E-state index is 1.08. The Bertz CT molecular complexity index is 3340. The van der Waals surface area contributed by atoms with Crippen LogP contribution in [0.15, 0.2) is 261 Å². The van der Waals surface area contributed by atoms with Gasteiger partial charge in [0.15, 0.2) is 0 Å². The molecule has 0 spiro atoms. The first-order valence-electron chi connectivity index (χ1n) is 21.7. The van der Waals surface area contributed by atoms with Crippen molar-refractivity contribution in [1.29, 1.82) is 0 Å². The van der Waals surface area contributed by atoms with Crippen molar-refractivity contribution in [1.82, 2.24) is 0 Å². The van der Waals surface area contributed by atoms with E-state index < -0.39 is 0 Å². The van der Waals surface area contributed by atoms with Gasteiger partial charge in [-0.15, -0.1) is 0 Å². The summed E-state index contributed by atoms with van der Waals surface area (Å²) in [6.45, 7) is 0. The van der Waals surface area contributed by atoms with Crippen LogP contribution in [0.2, 0.25) is 0 Å². The molecule has 63 heavy (non-hydrogen) atoms. The maximum atomic E-state index is 2.43. The molecule has 0 N–H and O–H groups in total. The zero-order chi connectivity index (χ0) is 42.0. The maximum absolute atomic E-state index is 2.43. The van der Waals surface area contributed by atoms with Gasteiger partial charge in [-0.2, -0.15) is 0 Å². The summed E-state index contributed by atoms with van der Waals surface area (Å²) in [5, 5.41) is 4.91. The molecule has 11 aromatic carbocycles. The Morgan fingerprint density at radius 2 is 0.635 bits per heavy atom. The largest absolute Gasteiger partial charge is 0.310 e. The maximum Gasteiger partial charge on any atom is 0.0540 e. The molecule has 0 bridgehead atoms. The molecule has 0 unspecified atom stereocenters. The number of anilines is 3. The Morgan fingerprint density at radius 1 is 0.206 bits per heavy atom. The van der Waals surface area contributed by atoms with E-state index in [9.17, 15) is 0 Å². The fourth-order valence-corrected chi connectivity index (χ4v) is 9.34. The predicted octanol–water partition coefficient (Wildman–Crippen LogP) is 17.5. The molecule has 0 fully saturated rings. The molecule has 0 aliphatic carbocycles. The lowest BCUT2D eigenvalue weighted by atomic mass is 9.85. The highest BCUT2D eigenvalue weighted by atomic mass is 15.1. The lowest BCUT2D eigenvalue weighted by Gasteiger charge is -2.29. The first-order valence-corrected chi connectivity index (χ1v) is 21.7. The Kier molecular flexibility index (Phi) is 9.97. The molecule has 0 saturated heterocycles. The SMILES string of the molecule is c1ccc(-c2ccc(-c3ccc(N(c4ccc5c(-c6ccccc6)c(-c6ccccc6)c6ccccc6c5c4)c4ccccc4-c4ccccc4)cc3)cc2-c2ccccc2)cc1. The van der Waals surface area contributed by atoms with Crippen LogP contribution in [0.25, 0.3) is 88.3 Å². The molecule has 0 aliphatic rings. The van der Waals surface area contributed by atoms with Crippen molar-refractivity contribution in [2.75, 3.05) is 4.90 Å². The van der Waals surface area contributed by atoms with Crippen LogP contribution in [0.3, 0.4) is 0 Å². The third-order valence-electron chi connectivity index (χ3n) is 12.3. The van der Waals surface area contributed by atoms with Gasteiger partial charge in [0, 0.05) is 16.9 Å². The molecular formula is C62H43N. The van der Waals surface area contributed by atoms with Crippen LogP contribution in [-0.4, -0.2) is 0 Å². The highest BCUT2D eigenvalue weighted by Gasteiger charge is 2.22. The van der Waals surface area contributed by atoms with Crippen LogP contribution in [0.5, 0.6) is 0 Å². The number of nitrogens with zero attached hydrogens (tertiary/aromatic N) is 1. The van der Waals surface area contributed by atoms with Crippen LogP contribution in [0, 0.1) is 0 Å². The van der Waals surface area contributed by atoms with E-state index in [0.29, 0.717) is 0 Å². The molecule has 11 rings (SSSR count). The number of hydrogen-bond acceptors (Lipinski definition) is 1. The average molecular weight is 802 g/mol. The van der Waals surface area contributed by atoms with Crippen LogP contribution in [0.1, 0.15) is 0 Å². The predicted molar refractivity (Wildman–Crippen MR) is 269 cm³/mol. The van der Waals surface area contributed by atoms with Crippen LogP contribution < -0.4 is 4.90 Å². The van der Waals surface area contributed by atoms with E-state index in [0.717, 1.165) is 22.6 Å². The van der Waals surface area contributed by atoms with E-state index in [2.05, 4.69) is 266 Å². The summed E-state index contributed by atoms with van der Waals surface area (Å²) in [5.41, 5.74) is 17.7. The summed E-state index contributed by atoms with van der Waals surface area (Å²) in [4.78, 5) is 2.43. The summed E-state index contributed by atoms with van der Waals surface area (Å²) in [6, 6.07) is 94.6. The number of para-hydroxylation sites is 1. The average Bonchev–Trinajstić information content (AvgIpc) is 3.37. The van der Waals surface area contributed by atoms with Crippen molar-refractivity contribution in [3.05, 3.63) is 261 Å². The zero-order valence-electron chi connectivity index (χ0n) is 34.8. The van der Waals surface area contributed by atoms with Crippen LogP contribution >= 0.6 is 0 Å². The summed E-state index contributed by atoms with van der Waals surface area (Å²) in [6.07, 6.45) is 0. The standard InChI is InChI=1S/C62H43N/c1-6-20-45(21-7-1)53-40-36-50(42-58(53)47-24-10-3-11-25-47)44-34-37-51(38-35-44)63(60-33-19-18-30-54(60)46-22-8-2-9-23-46)52-39-41-57-59(43-52)55-31-16-17-32-56(55)61(48-26-12-4-13-27-48)62(57)49-28-14-5-15-29-49/h1-43H. The third kappa shape index (κ3) is 7.16. The third-order valence-corrected chi connectivity index (χ3v) is 12.3. The minimum absolute atomic E-state index is 1.08. The van der Waals surface area contributed by atoms with E-state index in [-0.39, 0.29) is 0 Å². The number of benzene rings is 11. The Morgan fingerprint density at radius 3 is 1.22 bits per heavy atom. The normalized spacial score (nSPS) is 11.2. The number of hydrogen-bond donors (Lipinski definition) is 0. The minimum Gasteiger partial charge on any atom is -0.310 e. The van der Waals surface area contributed by atoms with Crippen molar-refractivity contribution in [2.24, 2.45) is 0 Å². The van der Waals surface area contributed by atoms with Gasteiger partial charge in [-0.05, 0) is 119 Å². The van der Waals surface area contributed by atoms with Gasteiger partial charge in [0.2, 0.25) is 0 Å². The van der Waals surface area contributed by atoms with E-state index in [1.54, 1.807) is 0 Å². The zero-order valence-corrected chi connectivity index (χ0v) is 34.8. The van der Waals surface area contributed by atoms with E-state index in [4.69, 9.17) is 0 Å². The fourth-order valence-electron chi connectivity index (χ4n) is 9.34. The first kappa shape index (κ1) is 37.7. The van der Waals surface area contributed by atoms with Crippen molar-refractivity contribution in [3.8, 4) is 66.8 Å². The topological polar surface area (TPSA) is 3.24 Å². The molecule has 0 aliphatic heterocycles. The van der Waals surface area contributed by atoms with Crippen LogP contribution in [0.4, 0.5) is 17.1 Å². The summed E-state index contributed by atoms with van der Waals surface area (Å²) in [5.74, 6) is 0. The smallest absolute Gasteiger partial charge is 0.0540 e. The van der Waals surface area contributed by atoms with E-state index >= 15 is 0 Å². The molecule has 0 radical (unpaired) electrons. The quantitative estimate of drug-likeness (QED) is 0.131. The second kappa shape index (κ2) is 16.7. The lowest BCUT2D eigenvalue weighted by Crippen LogP contribution is -2.11. The number of fused-ring (bicyclic) bond motifs is 3. The molecule has 0 atom stereocenters. The van der Waals surface area contributed by atoms with Crippen molar-refractivity contribution in [2.45, 2.75) is 0 Å². The molecule has 296 valence electrons. The summed E-state index contributed by atoms with van der Waals surface area (Å²) >= 11 is 0. The summed E-state index contributed by atoms with van der Waals surface area (Å²) < 4.78 is 0. The number of rotatable bonds is 9. The fraction of sp³-hybridized carbons (Fsp3) is 0. The summed E-state index contributed by atoms with van der Waals surface area (Å²) in [7, 11) is 0. The van der Waals surface area contributed by atoms with Gasteiger partial charge in [0.1, 0.15) is 0 Å². The van der Waals surface area contributed by atoms with Gasteiger partial charge in [0.25, 0.3) is 0 Å². The van der Waals surface area contributed by atoms with Gasteiger partial charge < -0.3 is 4.90 Å². The van der Waals surface area contributed by atoms with Gasteiger partial charge in [-0.25, -0.2) is 0 Å². The van der Waals surface area contributed by atoms with Gasteiger partial charge in [-0.1, -0.05) is 224 Å². The van der Waals surface area contributed by atoms with Crippen molar-refractivity contribution < 1.29 is 0 Å². The highest BCUT2D eigenvalue weighted by molar-refractivity contribution is 6.22. The second-order valence-corrected chi connectivity index (χ2v) is 16.0. The Hall–Kier alpha value is -8.26. The van der Waals surface area contributed by atoms with Crippen molar-refractivity contribution >= 4 is 38.6 Å². The lowest BCUT2D eigenvalue weighted by molar-refractivity contribution is 1.29. The van der Waals surface area contributed by atoms with Gasteiger partial charge in [-0.3, -0.25) is 0 Å². The molecule has 0 amide bonds. The van der Waals surface area contributed by atoms with Gasteiger partial charge in [0.05, 0.1) is 5.69 Å². The van der Waals surface area contributed by atoms with E-state index in [1.807, 2.05) is 0 Å². The Balaban J connectivity index is 1.11.